The van der Waals surface area contributed by atoms with Crippen molar-refractivity contribution in [3.05, 3.63) is 70.7 Å². The molecule has 0 aliphatic carbocycles. The van der Waals surface area contributed by atoms with Crippen LogP contribution in [-0.4, -0.2) is 82.0 Å². The molecule has 1 aromatic carbocycles. The van der Waals surface area contributed by atoms with Crippen LogP contribution in [0.3, 0.4) is 0 Å². The first-order valence-corrected chi connectivity index (χ1v) is 12.7. The fraction of sp³-hybridized carbons (Fsp3) is 0.393. The maximum absolute atomic E-state index is 13.5. The Hall–Kier alpha value is -3.69. The largest absolute Gasteiger partial charge is 0.505 e. The highest BCUT2D eigenvalue weighted by Gasteiger charge is 2.46. The van der Waals surface area contributed by atoms with Gasteiger partial charge in [-0.3, -0.25) is 18.9 Å². The van der Waals surface area contributed by atoms with Crippen molar-refractivity contribution in [1.29, 1.82) is 0 Å². The zero-order valence-electron chi connectivity index (χ0n) is 21.4. The van der Waals surface area contributed by atoms with E-state index < -0.39 is 17.7 Å². The van der Waals surface area contributed by atoms with E-state index in [0.717, 1.165) is 24.2 Å². The fourth-order valence-electron chi connectivity index (χ4n) is 5.17. The Kier molecular flexibility index (Phi) is 6.99. The van der Waals surface area contributed by atoms with Crippen LogP contribution >= 0.6 is 0 Å². The molecule has 2 saturated heterocycles. The molecule has 1 atom stereocenters. The molecular weight excluding hydrogens is 472 g/mol. The number of pyridine rings is 1. The van der Waals surface area contributed by atoms with Crippen molar-refractivity contribution in [1.82, 2.24) is 19.2 Å². The van der Waals surface area contributed by atoms with Gasteiger partial charge < -0.3 is 19.5 Å². The average Bonchev–Trinajstić information content (AvgIpc) is 3.37. The van der Waals surface area contributed by atoms with Crippen molar-refractivity contribution >= 4 is 23.1 Å². The number of imidazole rings is 1. The Morgan fingerprint density at radius 2 is 1.84 bits per heavy atom. The van der Waals surface area contributed by atoms with E-state index in [2.05, 4.69) is 9.88 Å². The molecule has 2 aliphatic rings. The van der Waals surface area contributed by atoms with Crippen molar-refractivity contribution in [3.8, 4) is 5.75 Å². The number of hydrogen-bond acceptors (Lipinski definition) is 7. The standard InChI is InChI=1S/C28H32N4O5/c1-4-37-21-9-7-20(8-10-21)24-22(25(33)23-19(3)29-27-18(2)6-5-11-31(23)27)26(34)28(35)32(24)13-12-30-14-16-36-17-15-30/h5-11,24,33H,4,12-17H2,1-3H3/b25-22+/t24-/m0/s1. The van der Waals surface area contributed by atoms with Crippen LogP contribution in [0.15, 0.2) is 48.2 Å². The summed E-state index contributed by atoms with van der Waals surface area (Å²) in [6.45, 7) is 9.98. The van der Waals surface area contributed by atoms with Crippen molar-refractivity contribution in [2.45, 2.75) is 26.8 Å². The van der Waals surface area contributed by atoms with Crippen LogP contribution in [0.5, 0.6) is 5.75 Å². The summed E-state index contributed by atoms with van der Waals surface area (Å²) in [6.07, 6.45) is 1.80. The molecular formula is C28H32N4O5. The van der Waals surface area contributed by atoms with Crippen LogP contribution in [0.2, 0.25) is 0 Å². The summed E-state index contributed by atoms with van der Waals surface area (Å²) in [6, 6.07) is 10.4. The lowest BCUT2D eigenvalue weighted by molar-refractivity contribution is -0.140. The molecule has 0 spiro atoms. The third kappa shape index (κ3) is 4.60. The topological polar surface area (TPSA) is 96.6 Å². The lowest BCUT2D eigenvalue weighted by Crippen LogP contribution is -2.42. The Morgan fingerprint density at radius 3 is 2.54 bits per heavy atom. The van der Waals surface area contributed by atoms with E-state index in [1.54, 1.807) is 22.4 Å². The summed E-state index contributed by atoms with van der Waals surface area (Å²) in [5, 5.41) is 11.6. The third-order valence-electron chi connectivity index (χ3n) is 7.05. The molecule has 0 unspecified atom stereocenters. The minimum Gasteiger partial charge on any atom is -0.505 e. The highest BCUT2D eigenvalue weighted by Crippen LogP contribution is 2.40. The monoisotopic (exact) mass is 504 g/mol. The summed E-state index contributed by atoms with van der Waals surface area (Å²) in [5.74, 6) is -0.831. The van der Waals surface area contributed by atoms with Crippen molar-refractivity contribution in [2.75, 3.05) is 46.0 Å². The number of aliphatic hydroxyl groups is 1. The molecule has 9 heteroatoms. The van der Waals surface area contributed by atoms with E-state index in [1.807, 2.05) is 50.2 Å². The van der Waals surface area contributed by atoms with Crippen molar-refractivity contribution in [3.63, 3.8) is 0 Å². The first-order valence-electron chi connectivity index (χ1n) is 12.7. The van der Waals surface area contributed by atoms with E-state index >= 15 is 0 Å². The second-order valence-corrected chi connectivity index (χ2v) is 9.38. The van der Waals surface area contributed by atoms with E-state index in [1.165, 1.54) is 0 Å². The maximum Gasteiger partial charge on any atom is 0.295 e. The number of Topliss-reactive ketones (excluding diaryl/α,β-unsaturated/α-hetero) is 1. The number of aliphatic hydroxyl groups excluding tert-OH is 1. The molecule has 194 valence electrons. The fourth-order valence-corrected chi connectivity index (χ4v) is 5.17. The quantitative estimate of drug-likeness (QED) is 0.300. The lowest BCUT2D eigenvalue weighted by atomic mass is 9.96. The number of ketones is 1. The van der Waals surface area contributed by atoms with Gasteiger partial charge in [0.2, 0.25) is 0 Å². The van der Waals surface area contributed by atoms with Gasteiger partial charge in [0.1, 0.15) is 17.1 Å². The SMILES string of the molecule is CCOc1ccc([C@H]2/C(=C(\O)c3c(C)nc4c(C)cccn34)C(=O)C(=O)N2CCN2CCOCC2)cc1. The van der Waals surface area contributed by atoms with E-state index in [0.29, 0.717) is 55.7 Å². The minimum atomic E-state index is -0.730. The molecule has 0 bridgehead atoms. The Morgan fingerprint density at radius 1 is 1.11 bits per heavy atom. The number of ether oxygens (including phenoxy) is 2. The average molecular weight is 505 g/mol. The van der Waals surface area contributed by atoms with Crippen molar-refractivity contribution < 1.29 is 24.2 Å². The van der Waals surface area contributed by atoms with Crippen molar-refractivity contribution in [2.24, 2.45) is 0 Å². The van der Waals surface area contributed by atoms with Gasteiger partial charge in [-0.1, -0.05) is 18.2 Å². The molecule has 1 N–H and O–H groups in total. The molecule has 37 heavy (non-hydrogen) atoms. The number of carbonyl (C=O) groups is 2. The zero-order valence-corrected chi connectivity index (χ0v) is 21.4. The summed E-state index contributed by atoms with van der Waals surface area (Å²) in [7, 11) is 0. The molecule has 1 amide bonds. The maximum atomic E-state index is 13.5. The second kappa shape index (κ2) is 10.4. The molecule has 3 aromatic rings. The van der Waals surface area contributed by atoms with Gasteiger partial charge in [-0.05, 0) is 50.1 Å². The van der Waals surface area contributed by atoms with E-state index in [-0.39, 0.29) is 11.3 Å². The van der Waals surface area contributed by atoms with Gasteiger partial charge in [-0.2, -0.15) is 0 Å². The van der Waals surface area contributed by atoms with Gasteiger partial charge in [0.25, 0.3) is 11.7 Å². The minimum absolute atomic E-state index is 0.0718. The van der Waals surface area contributed by atoms with Crippen LogP contribution in [-0.2, 0) is 14.3 Å². The number of rotatable bonds is 7. The molecule has 0 saturated carbocycles. The van der Waals surface area contributed by atoms with Gasteiger partial charge in [-0.25, -0.2) is 4.98 Å². The van der Waals surface area contributed by atoms with Gasteiger partial charge >= 0.3 is 0 Å². The predicted molar refractivity (Wildman–Crippen MR) is 139 cm³/mol. The van der Waals surface area contributed by atoms with Gasteiger partial charge in [0.15, 0.2) is 5.76 Å². The smallest absolute Gasteiger partial charge is 0.295 e. The highest BCUT2D eigenvalue weighted by molar-refractivity contribution is 6.46. The molecule has 9 nitrogen and oxygen atoms in total. The number of fused-ring (bicyclic) bond motifs is 1. The van der Waals surface area contributed by atoms with Gasteiger partial charge in [0, 0.05) is 32.4 Å². The number of aromatic nitrogens is 2. The third-order valence-corrected chi connectivity index (χ3v) is 7.05. The number of nitrogens with zero attached hydrogens (tertiary/aromatic N) is 4. The number of amides is 1. The number of hydrogen-bond donors (Lipinski definition) is 1. The summed E-state index contributed by atoms with van der Waals surface area (Å²) in [4.78, 5) is 35.2. The Balaban J connectivity index is 1.60. The van der Waals surface area contributed by atoms with E-state index in [9.17, 15) is 14.7 Å². The molecule has 2 aliphatic heterocycles. The summed E-state index contributed by atoms with van der Waals surface area (Å²) < 4.78 is 12.8. The first-order chi connectivity index (χ1) is 17.9. The number of carbonyl (C=O) groups excluding carboxylic acids is 2. The number of likely N-dealkylation sites (tertiary alicyclic amines) is 1. The predicted octanol–water partition coefficient (Wildman–Crippen LogP) is 3.10. The van der Waals surface area contributed by atoms with Crippen LogP contribution < -0.4 is 4.74 Å². The number of morpholine rings is 1. The Bertz CT molecular complexity index is 1350. The second-order valence-electron chi connectivity index (χ2n) is 9.38. The van der Waals surface area contributed by atoms with Crippen LogP contribution in [0.1, 0.15) is 35.5 Å². The molecule has 5 rings (SSSR count). The molecule has 0 radical (unpaired) electrons. The molecule has 2 fully saturated rings. The summed E-state index contributed by atoms with van der Waals surface area (Å²) >= 11 is 0. The van der Waals surface area contributed by atoms with Crippen LogP contribution in [0, 0.1) is 13.8 Å². The van der Waals surface area contributed by atoms with Crippen LogP contribution in [0.4, 0.5) is 0 Å². The van der Waals surface area contributed by atoms with Crippen LogP contribution in [0.25, 0.3) is 11.4 Å². The molecule has 2 aromatic heterocycles. The van der Waals surface area contributed by atoms with Gasteiger partial charge in [-0.15, -0.1) is 0 Å². The first kappa shape index (κ1) is 25.0. The normalized spacial score (nSPS) is 20.2. The van der Waals surface area contributed by atoms with Gasteiger partial charge in [0.05, 0.1) is 37.1 Å². The van der Waals surface area contributed by atoms with E-state index in [4.69, 9.17) is 9.47 Å². The lowest BCUT2D eigenvalue weighted by Gasteiger charge is -2.31. The number of benzene rings is 1. The number of aryl methyl sites for hydroxylation is 2. The molecule has 4 heterocycles. The summed E-state index contributed by atoms with van der Waals surface area (Å²) in [5.41, 5.74) is 3.44. The highest BCUT2D eigenvalue weighted by atomic mass is 16.5. The Labute approximate surface area is 215 Å². The zero-order chi connectivity index (χ0) is 26.1.